The zero-order chi connectivity index (χ0) is 10.6. The van der Waals surface area contributed by atoms with Gasteiger partial charge in [0.1, 0.15) is 5.75 Å². The zero-order valence-electron chi connectivity index (χ0n) is 8.59. The maximum absolute atomic E-state index is 5.97. The monoisotopic (exact) mass is 210 g/mol. The fraction of sp³-hybridized carbons (Fsp3) is 0.333. The van der Waals surface area contributed by atoms with Crippen LogP contribution in [-0.4, -0.2) is 6.61 Å². The van der Waals surface area contributed by atoms with Crippen molar-refractivity contribution in [2.24, 2.45) is 0 Å². The van der Waals surface area contributed by atoms with Crippen molar-refractivity contribution in [1.29, 1.82) is 0 Å². The Labute approximate surface area is 90.3 Å². The van der Waals surface area contributed by atoms with E-state index in [1.807, 2.05) is 31.2 Å². The highest BCUT2D eigenvalue weighted by Crippen LogP contribution is 2.28. The van der Waals surface area contributed by atoms with Crippen LogP contribution in [0.5, 0.6) is 5.75 Å². The van der Waals surface area contributed by atoms with Crippen LogP contribution >= 0.6 is 11.6 Å². The highest BCUT2D eigenvalue weighted by Gasteiger charge is 2.05. The Kier molecular flexibility index (Phi) is 4.02. The highest BCUT2D eigenvalue weighted by atomic mass is 35.5. The van der Waals surface area contributed by atoms with E-state index in [1.54, 1.807) is 0 Å². The van der Waals surface area contributed by atoms with Crippen molar-refractivity contribution in [3.8, 4) is 5.75 Å². The van der Waals surface area contributed by atoms with Crippen LogP contribution in [-0.2, 0) is 0 Å². The topological polar surface area (TPSA) is 9.23 Å². The first-order chi connectivity index (χ1) is 6.69. The number of hydrogen-bond donors (Lipinski definition) is 0. The third-order valence-electron chi connectivity index (χ3n) is 2.13. The van der Waals surface area contributed by atoms with E-state index in [9.17, 15) is 0 Å². The van der Waals surface area contributed by atoms with E-state index in [0.29, 0.717) is 17.5 Å². The van der Waals surface area contributed by atoms with Crippen LogP contribution in [0.25, 0.3) is 0 Å². The van der Waals surface area contributed by atoms with Gasteiger partial charge in [0, 0.05) is 0 Å². The molecule has 0 N–H and O–H groups in total. The molecular formula is C12H15ClO. The number of allylic oxidation sites excluding steroid dienone is 1. The third-order valence-corrected chi connectivity index (χ3v) is 2.45. The van der Waals surface area contributed by atoms with E-state index >= 15 is 0 Å². The largest absolute Gasteiger partial charge is 0.492 e. The van der Waals surface area contributed by atoms with Gasteiger partial charge in [-0.05, 0) is 30.5 Å². The Hall–Kier alpha value is -0.950. The molecule has 0 spiro atoms. The molecule has 0 bridgehead atoms. The van der Waals surface area contributed by atoms with Gasteiger partial charge in [-0.3, -0.25) is 0 Å². The summed E-state index contributed by atoms with van der Waals surface area (Å²) >= 11 is 5.97. The number of rotatable bonds is 4. The molecule has 0 amide bonds. The summed E-state index contributed by atoms with van der Waals surface area (Å²) in [6, 6.07) is 5.83. The first-order valence-electron chi connectivity index (χ1n) is 4.73. The van der Waals surface area contributed by atoms with Gasteiger partial charge in [0.25, 0.3) is 0 Å². The quantitative estimate of drug-likeness (QED) is 0.682. The Balaban J connectivity index is 2.99. The summed E-state index contributed by atoms with van der Waals surface area (Å²) in [5.74, 6) is 1.08. The predicted octanol–water partition coefficient (Wildman–Crippen LogP) is 4.03. The molecule has 0 aliphatic carbocycles. The van der Waals surface area contributed by atoms with Crippen LogP contribution in [0.3, 0.4) is 0 Å². The van der Waals surface area contributed by atoms with E-state index in [0.717, 1.165) is 5.75 Å². The zero-order valence-corrected chi connectivity index (χ0v) is 9.34. The highest BCUT2D eigenvalue weighted by molar-refractivity contribution is 6.32. The lowest BCUT2D eigenvalue weighted by Gasteiger charge is -2.10. The Morgan fingerprint density at radius 1 is 1.57 bits per heavy atom. The lowest BCUT2D eigenvalue weighted by Crippen LogP contribution is -1.95. The second-order valence-corrected chi connectivity index (χ2v) is 3.55. The Morgan fingerprint density at radius 3 is 2.86 bits per heavy atom. The third kappa shape index (κ3) is 2.52. The van der Waals surface area contributed by atoms with Crippen LogP contribution < -0.4 is 4.74 Å². The average molecular weight is 211 g/mol. The van der Waals surface area contributed by atoms with Crippen LogP contribution in [0.15, 0.2) is 30.9 Å². The molecule has 0 radical (unpaired) electrons. The molecule has 1 rings (SSSR count). The van der Waals surface area contributed by atoms with E-state index in [4.69, 9.17) is 16.3 Å². The molecule has 1 nitrogen and oxygen atoms in total. The summed E-state index contributed by atoms with van der Waals surface area (Å²) < 4.78 is 5.41. The molecular weight excluding hydrogens is 196 g/mol. The van der Waals surface area contributed by atoms with Crippen molar-refractivity contribution in [2.75, 3.05) is 6.61 Å². The van der Waals surface area contributed by atoms with Crippen molar-refractivity contribution in [1.82, 2.24) is 0 Å². The average Bonchev–Trinajstić information content (AvgIpc) is 2.20. The molecule has 14 heavy (non-hydrogen) atoms. The summed E-state index contributed by atoms with van der Waals surface area (Å²) in [6.45, 7) is 8.43. The van der Waals surface area contributed by atoms with Gasteiger partial charge in [-0.15, -0.1) is 6.58 Å². The predicted molar refractivity (Wildman–Crippen MR) is 61.2 cm³/mol. The van der Waals surface area contributed by atoms with Crippen LogP contribution in [0.2, 0.25) is 5.02 Å². The smallest absolute Gasteiger partial charge is 0.138 e. The molecule has 76 valence electrons. The maximum Gasteiger partial charge on any atom is 0.138 e. The van der Waals surface area contributed by atoms with Gasteiger partial charge in [-0.25, -0.2) is 0 Å². The molecule has 0 fully saturated rings. The summed E-state index contributed by atoms with van der Waals surface area (Å²) in [6.07, 6.45) is 1.90. The van der Waals surface area contributed by atoms with Gasteiger partial charge < -0.3 is 4.74 Å². The van der Waals surface area contributed by atoms with Crippen LogP contribution in [0.1, 0.15) is 25.3 Å². The normalized spacial score (nSPS) is 12.2. The molecule has 0 saturated heterocycles. The number of benzene rings is 1. The van der Waals surface area contributed by atoms with Gasteiger partial charge in [0.2, 0.25) is 0 Å². The number of hydrogen-bond acceptors (Lipinski definition) is 1. The summed E-state index contributed by atoms with van der Waals surface area (Å²) in [7, 11) is 0. The van der Waals surface area contributed by atoms with Crippen LogP contribution in [0.4, 0.5) is 0 Å². The SMILES string of the molecule is C=CC(C)c1ccc(Cl)c(OCC)c1. The first kappa shape index (κ1) is 11.1. The Bertz CT molecular complexity index is 320. The molecule has 1 aromatic carbocycles. The van der Waals surface area contributed by atoms with Gasteiger partial charge >= 0.3 is 0 Å². The van der Waals surface area contributed by atoms with E-state index in [-0.39, 0.29) is 0 Å². The number of halogens is 1. The minimum atomic E-state index is 0.325. The van der Waals surface area contributed by atoms with Gasteiger partial charge in [0.15, 0.2) is 0 Å². The fourth-order valence-corrected chi connectivity index (χ4v) is 1.38. The first-order valence-corrected chi connectivity index (χ1v) is 5.11. The Morgan fingerprint density at radius 2 is 2.29 bits per heavy atom. The molecule has 0 aliphatic heterocycles. The second-order valence-electron chi connectivity index (χ2n) is 3.15. The number of ether oxygens (including phenoxy) is 1. The lowest BCUT2D eigenvalue weighted by atomic mass is 10.0. The molecule has 2 heteroatoms. The maximum atomic E-state index is 5.97. The minimum Gasteiger partial charge on any atom is -0.492 e. The van der Waals surface area contributed by atoms with Crippen molar-refractivity contribution in [2.45, 2.75) is 19.8 Å². The van der Waals surface area contributed by atoms with E-state index < -0.39 is 0 Å². The molecule has 1 aromatic rings. The van der Waals surface area contributed by atoms with Crippen molar-refractivity contribution < 1.29 is 4.74 Å². The molecule has 0 saturated carbocycles. The molecule has 1 atom stereocenters. The summed E-state index contributed by atoms with van der Waals surface area (Å²) in [5, 5.41) is 0.659. The standard InChI is InChI=1S/C12H15ClO/c1-4-9(3)10-6-7-11(13)12(8-10)14-5-2/h4,6-9H,1,5H2,2-3H3. The molecule has 0 aliphatic rings. The van der Waals surface area contributed by atoms with Crippen LogP contribution in [0, 0.1) is 0 Å². The van der Waals surface area contributed by atoms with Crippen molar-refractivity contribution in [3.63, 3.8) is 0 Å². The minimum absolute atomic E-state index is 0.325. The van der Waals surface area contributed by atoms with Gasteiger partial charge in [-0.2, -0.15) is 0 Å². The van der Waals surface area contributed by atoms with E-state index in [1.165, 1.54) is 5.56 Å². The van der Waals surface area contributed by atoms with Gasteiger partial charge in [0.05, 0.1) is 11.6 Å². The summed E-state index contributed by atoms with van der Waals surface area (Å²) in [5.41, 5.74) is 1.17. The van der Waals surface area contributed by atoms with Crippen molar-refractivity contribution >= 4 is 11.6 Å². The fourth-order valence-electron chi connectivity index (χ4n) is 1.21. The summed E-state index contributed by atoms with van der Waals surface area (Å²) in [4.78, 5) is 0. The lowest BCUT2D eigenvalue weighted by molar-refractivity contribution is 0.340. The van der Waals surface area contributed by atoms with E-state index in [2.05, 4.69) is 13.5 Å². The molecule has 1 unspecified atom stereocenters. The molecule has 0 heterocycles. The van der Waals surface area contributed by atoms with Crippen molar-refractivity contribution in [3.05, 3.63) is 41.4 Å². The van der Waals surface area contributed by atoms with Gasteiger partial charge in [-0.1, -0.05) is 30.7 Å². The molecule has 0 aromatic heterocycles. The second kappa shape index (κ2) is 5.06.